The smallest absolute Gasteiger partial charge is 0.249 e. The highest BCUT2D eigenvalue weighted by Crippen LogP contribution is 2.19. The molecule has 2 unspecified atom stereocenters. The zero-order valence-corrected chi connectivity index (χ0v) is 11.9. The van der Waals surface area contributed by atoms with E-state index < -0.39 is 24.2 Å². The Morgan fingerprint density at radius 1 is 1.50 bits per heavy atom. The minimum absolute atomic E-state index is 0.316. The summed E-state index contributed by atoms with van der Waals surface area (Å²) in [6, 6.07) is -1.07. The lowest BCUT2D eigenvalue weighted by molar-refractivity contribution is -0.132. The third-order valence-electron chi connectivity index (χ3n) is 3.74. The Hall–Kier alpha value is -1.30. The number of hydrogen-bond donors (Lipinski definition) is 3. The van der Waals surface area contributed by atoms with Crippen LogP contribution in [0.25, 0.3) is 10.4 Å². The molecule has 0 aromatic heterocycles. The maximum absolute atomic E-state index is 12.0. The van der Waals surface area contributed by atoms with Crippen molar-refractivity contribution in [1.82, 2.24) is 5.32 Å². The number of aliphatic hydroxyl groups is 2. The Morgan fingerprint density at radius 3 is 2.80 bits per heavy atom. The van der Waals surface area contributed by atoms with Gasteiger partial charge in [-0.15, -0.1) is 0 Å². The summed E-state index contributed by atoms with van der Waals surface area (Å²) in [5.74, 6) is -0.565. The summed E-state index contributed by atoms with van der Waals surface area (Å²) in [6.45, 7) is 1.98. The second-order valence-corrected chi connectivity index (χ2v) is 5.33. The molecule has 7 heteroatoms. The van der Waals surface area contributed by atoms with Gasteiger partial charge < -0.3 is 15.5 Å². The van der Waals surface area contributed by atoms with Crippen LogP contribution in [-0.2, 0) is 4.79 Å². The van der Waals surface area contributed by atoms with Gasteiger partial charge in [-0.05, 0) is 24.8 Å². The zero-order chi connectivity index (χ0) is 15.0. The van der Waals surface area contributed by atoms with E-state index >= 15 is 0 Å². The van der Waals surface area contributed by atoms with Crippen molar-refractivity contribution in [2.45, 2.75) is 76.2 Å². The van der Waals surface area contributed by atoms with Crippen molar-refractivity contribution in [3.05, 3.63) is 10.4 Å². The van der Waals surface area contributed by atoms with Crippen molar-refractivity contribution in [1.29, 1.82) is 0 Å². The first-order valence-corrected chi connectivity index (χ1v) is 7.30. The van der Waals surface area contributed by atoms with Crippen LogP contribution in [-0.4, -0.2) is 40.4 Å². The van der Waals surface area contributed by atoms with E-state index in [2.05, 4.69) is 15.3 Å². The Bertz CT molecular complexity index is 358. The Labute approximate surface area is 119 Å². The largest absolute Gasteiger partial charge is 0.391 e. The van der Waals surface area contributed by atoms with Crippen LogP contribution in [0.3, 0.4) is 0 Å². The molecular formula is C13H24N4O3. The first-order valence-electron chi connectivity index (χ1n) is 7.30. The Balaban J connectivity index is 2.56. The van der Waals surface area contributed by atoms with E-state index in [4.69, 9.17) is 5.53 Å². The molecule has 1 saturated carbocycles. The van der Waals surface area contributed by atoms with Gasteiger partial charge in [0.15, 0.2) is 0 Å². The van der Waals surface area contributed by atoms with Crippen molar-refractivity contribution in [2.75, 3.05) is 0 Å². The fourth-order valence-corrected chi connectivity index (χ4v) is 2.48. The minimum Gasteiger partial charge on any atom is -0.391 e. The number of carbonyl (C=O) groups is 1. The van der Waals surface area contributed by atoms with Crippen LogP contribution in [0.1, 0.15) is 51.9 Å². The number of carbonyl (C=O) groups excluding carboxylic acids is 1. The van der Waals surface area contributed by atoms with Gasteiger partial charge in [0, 0.05) is 4.91 Å². The van der Waals surface area contributed by atoms with E-state index in [1.165, 1.54) is 0 Å². The van der Waals surface area contributed by atoms with Gasteiger partial charge in [0.2, 0.25) is 5.91 Å². The molecule has 1 aliphatic carbocycles. The lowest BCUT2D eigenvalue weighted by Gasteiger charge is -2.29. The maximum atomic E-state index is 12.0. The zero-order valence-electron chi connectivity index (χ0n) is 11.9. The predicted molar refractivity (Wildman–Crippen MR) is 74.9 cm³/mol. The molecule has 7 nitrogen and oxygen atoms in total. The van der Waals surface area contributed by atoms with Gasteiger partial charge >= 0.3 is 0 Å². The minimum atomic E-state index is -1.36. The van der Waals surface area contributed by atoms with Crippen molar-refractivity contribution in [3.8, 4) is 0 Å². The van der Waals surface area contributed by atoms with Crippen molar-refractivity contribution >= 4 is 5.91 Å². The van der Waals surface area contributed by atoms with E-state index in [0.29, 0.717) is 19.3 Å². The third-order valence-corrected chi connectivity index (χ3v) is 3.74. The van der Waals surface area contributed by atoms with Crippen LogP contribution in [0.2, 0.25) is 0 Å². The summed E-state index contributed by atoms with van der Waals surface area (Å²) in [6.07, 6.45) is 3.51. The highest BCUT2D eigenvalue weighted by atomic mass is 16.3. The highest BCUT2D eigenvalue weighted by molar-refractivity contribution is 5.81. The summed E-state index contributed by atoms with van der Waals surface area (Å²) in [5.41, 5.74) is 8.51. The molecule has 1 amide bonds. The molecule has 0 spiro atoms. The quantitative estimate of drug-likeness (QED) is 0.374. The summed E-state index contributed by atoms with van der Waals surface area (Å²) in [5, 5.41) is 26.0. The number of rotatable bonds is 7. The van der Waals surface area contributed by atoms with E-state index in [9.17, 15) is 15.0 Å². The van der Waals surface area contributed by atoms with Gasteiger partial charge in [-0.1, -0.05) is 37.7 Å². The molecule has 0 saturated heterocycles. The van der Waals surface area contributed by atoms with Crippen molar-refractivity contribution in [2.24, 2.45) is 5.11 Å². The van der Waals surface area contributed by atoms with Crippen LogP contribution in [0, 0.1) is 0 Å². The van der Waals surface area contributed by atoms with Gasteiger partial charge in [0.25, 0.3) is 0 Å². The van der Waals surface area contributed by atoms with Crippen LogP contribution in [0.4, 0.5) is 0 Å². The Morgan fingerprint density at radius 2 is 2.20 bits per heavy atom. The molecule has 0 heterocycles. The molecule has 1 aliphatic rings. The molecule has 3 N–H and O–H groups in total. The van der Waals surface area contributed by atoms with E-state index in [1.54, 1.807) is 0 Å². The van der Waals surface area contributed by atoms with Gasteiger partial charge in [-0.3, -0.25) is 4.79 Å². The standard InChI is InChI=1S/C13H24N4O3/c1-2-3-6-10(16-17-14)12(19)13(20)15-9-7-4-5-8-11(9)18/h9-12,18-19H,2-8H2,1H3,(H,15,20)/t9-,10?,11-,12?/m0/s1. The van der Waals surface area contributed by atoms with Crippen LogP contribution in [0.15, 0.2) is 5.11 Å². The second kappa shape index (κ2) is 8.79. The molecule has 114 valence electrons. The second-order valence-electron chi connectivity index (χ2n) is 5.33. The average molecular weight is 284 g/mol. The number of nitrogens with one attached hydrogen (secondary N) is 1. The number of hydrogen-bond acceptors (Lipinski definition) is 4. The lowest BCUT2D eigenvalue weighted by atomic mass is 9.92. The van der Waals surface area contributed by atoms with Crippen LogP contribution < -0.4 is 5.32 Å². The Kier molecular flexibility index (Phi) is 7.36. The molecule has 1 rings (SSSR count). The fourth-order valence-electron chi connectivity index (χ4n) is 2.48. The number of amides is 1. The normalized spacial score (nSPS) is 25.4. The molecule has 1 fully saturated rings. The fraction of sp³-hybridized carbons (Fsp3) is 0.923. The van der Waals surface area contributed by atoms with Crippen molar-refractivity contribution in [3.63, 3.8) is 0 Å². The maximum Gasteiger partial charge on any atom is 0.249 e. The van der Waals surface area contributed by atoms with E-state index in [-0.39, 0.29) is 6.04 Å². The van der Waals surface area contributed by atoms with Crippen LogP contribution >= 0.6 is 0 Å². The van der Waals surface area contributed by atoms with Crippen LogP contribution in [0.5, 0.6) is 0 Å². The molecule has 0 aliphatic heterocycles. The van der Waals surface area contributed by atoms with Gasteiger partial charge in [0.05, 0.1) is 18.2 Å². The van der Waals surface area contributed by atoms with Crippen molar-refractivity contribution < 1.29 is 15.0 Å². The summed E-state index contributed by atoms with van der Waals surface area (Å²) < 4.78 is 0. The van der Waals surface area contributed by atoms with E-state index in [0.717, 1.165) is 25.7 Å². The number of azide groups is 1. The number of unbranched alkanes of at least 4 members (excludes halogenated alkanes) is 1. The average Bonchev–Trinajstić information content (AvgIpc) is 2.45. The summed E-state index contributed by atoms with van der Waals surface area (Å²) >= 11 is 0. The van der Waals surface area contributed by atoms with Gasteiger partial charge in [0.1, 0.15) is 6.10 Å². The van der Waals surface area contributed by atoms with Gasteiger partial charge in [-0.2, -0.15) is 0 Å². The SMILES string of the molecule is CCCCC(N=[N+]=[N-])C(O)C(=O)N[C@H]1CCCC[C@@H]1O. The highest BCUT2D eigenvalue weighted by Gasteiger charge is 2.30. The third kappa shape index (κ3) is 5.00. The number of aliphatic hydroxyl groups excluding tert-OH is 2. The molecule has 0 aromatic rings. The molecule has 4 atom stereocenters. The van der Waals surface area contributed by atoms with Gasteiger partial charge in [-0.25, -0.2) is 0 Å². The first-order chi connectivity index (χ1) is 9.60. The molecule has 0 radical (unpaired) electrons. The summed E-state index contributed by atoms with van der Waals surface area (Å²) in [7, 11) is 0. The number of nitrogens with zero attached hydrogens (tertiary/aromatic N) is 3. The van der Waals surface area contributed by atoms with E-state index in [1.807, 2.05) is 6.92 Å². The molecule has 20 heavy (non-hydrogen) atoms. The lowest BCUT2D eigenvalue weighted by Crippen LogP contribution is -2.50. The summed E-state index contributed by atoms with van der Waals surface area (Å²) in [4.78, 5) is 14.7. The predicted octanol–water partition coefficient (Wildman–Crippen LogP) is 1.64. The topological polar surface area (TPSA) is 118 Å². The molecule has 0 aromatic carbocycles. The molecule has 0 bridgehead atoms. The molecular weight excluding hydrogens is 260 g/mol. The monoisotopic (exact) mass is 284 g/mol. The first kappa shape index (κ1) is 16.8.